The molecule has 0 unspecified atom stereocenters. The molecule has 0 aliphatic rings. The number of hydrogen-bond acceptors (Lipinski definition) is 4. The first kappa shape index (κ1) is 12.6. The zero-order chi connectivity index (χ0) is 13.9. The average Bonchev–Trinajstić information content (AvgIpc) is 2.98. The predicted octanol–water partition coefficient (Wildman–Crippen LogP) is 3.13. The third kappa shape index (κ3) is 2.46. The fraction of sp³-hybridized carbons (Fsp3) is 0.125. The molecule has 0 radical (unpaired) electrons. The highest BCUT2D eigenvalue weighted by Crippen LogP contribution is 2.23. The summed E-state index contributed by atoms with van der Waals surface area (Å²) in [4.78, 5) is 4.26. The zero-order valence-corrected chi connectivity index (χ0v) is 11.0. The summed E-state index contributed by atoms with van der Waals surface area (Å²) in [7, 11) is 0. The lowest BCUT2D eigenvalue weighted by Crippen LogP contribution is -1.99. The van der Waals surface area contributed by atoms with Crippen molar-refractivity contribution in [3.05, 3.63) is 71.6 Å². The molecule has 1 aromatic heterocycles. The Hall–Kier alpha value is -2.46. The van der Waals surface area contributed by atoms with Gasteiger partial charge in [-0.05, 0) is 12.5 Å². The molecule has 3 rings (SSSR count). The molecular weight excluding hydrogens is 252 g/mol. The van der Waals surface area contributed by atoms with Crippen LogP contribution in [0.2, 0.25) is 0 Å². The minimum atomic E-state index is -0.900. The summed E-state index contributed by atoms with van der Waals surface area (Å²) in [6, 6.07) is 17.1. The Kier molecular flexibility index (Phi) is 3.31. The first-order valence-corrected chi connectivity index (χ1v) is 6.38. The van der Waals surface area contributed by atoms with Crippen molar-refractivity contribution in [2.45, 2.75) is 13.0 Å². The number of rotatable bonds is 3. The maximum absolute atomic E-state index is 10.2. The van der Waals surface area contributed by atoms with Crippen LogP contribution in [-0.2, 0) is 0 Å². The van der Waals surface area contributed by atoms with E-state index >= 15 is 0 Å². The number of aliphatic hydroxyl groups is 1. The number of aromatic nitrogens is 2. The van der Waals surface area contributed by atoms with E-state index in [1.54, 1.807) is 0 Å². The number of nitrogens with zero attached hydrogens (tertiary/aromatic N) is 2. The van der Waals surface area contributed by atoms with Crippen LogP contribution in [-0.4, -0.2) is 15.2 Å². The molecule has 0 spiro atoms. The van der Waals surface area contributed by atoms with Gasteiger partial charge in [-0.1, -0.05) is 65.3 Å². The highest BCUT2D eigenvalue weighted by Gasteiger charge is 2.18. The molecular formula is C16H14N2O2. The number of aryl methyl sites for hydroxylation is 1. The molecule has 0 amide bonds. The monoisotopic (exact) mass is 266 g/mol. The van der Waals surface area contributed by atoms with Crippen molar-refractivity contribution in [3.8, 4) is 11.4 Å². The molecule has 1 heterocycles. The lowest BCUT2D eigenvalue weighted by atomic mass is 10.1. The average molecular weight is 266 g/mol. The van der Waals surface area contributed by atoms with Crippen LogP contribution in [0.4, 0.5) is 0 Å². The fourth-order valence-corrected chi connectivity index (χ4v) is 1.94. The van der Waals surface area contributed by atoms with Crippen molar-refractivity contribution < 1.29 is 9.63 Å². The van der Waals surface area contributed by atoms with Crippen LogP contribution in [0.1, 0.15) is 23.1 Å². The molecule has 0 fully saturated rings. The van der Waals surface area contributed by atoms with Gasteiger partial charge in [-0.25, -0.2) is 0 Å². The predicted molar refractivity (Wildman–Crippen MR) is 75.0 cm³/mol. The Balaban J connectivity index is 1.89. The second kappa shape index (κ2) is 5.27. The maximum Gasteiger partial charge on any atom is 0.260 e. The van der Waals surface area contributed by atoms with Crippen molar-refractivity contribution in [1.29, 1.82) is 0 Å². The Morgan fingerprint density at radius 2 is 1.70 bits per heavy atom. The van der Waals surface area contributed by atoms with Gasteiger partial charge in [-0.3, -0.25) is 0 Å². The number of aliphatic hydroxyl groups excluding tert-OH is 1. The largest absolute Gasteiger partial charge is 0.378 e. The van der Waals surface area contributed by atoms with Gasteiger partial charge >= 0.3 is 0 Å². The molecule has 4 heteroatoms. The molecule has 1 atom stereocenters. The highest BCUT2D eigenvalue weighted by atomic mass is 16.5. The number of benzene rings is 2. The van der Waals surface area contributed by atoms with Crippen LogP contribution < -0.4 is 0 Å². The highest BCUT2D eigenvalue weighted by molar-refractivity contribution is 5.54. The van der Waals surface area contributed by atoms with Crippen molar-refractivity contribution >= 4 is 0 Å². The molecule has 0 bridgehead atoms. The topological polar surface area (TPSA) is 59.2 Å². The Labute approximate surface area is 116 Å². The van der Waals surface area contributed by atoms with E-state index < -0.39 is 6.10 Å². The van der Waals surface area contributed by atoms with Gasteiger partial charge in [0.2, 0.25) is 5.82 Å². The van der Waals surface area contributed by atoms with Gasteiger partial charge in [0.1, 0.15) is 0 Å². The Morgan fingerprint density at radius 3 is 2.40 bits per heavy atom. The van der Waals surface area contributed by atoms with Gasteiger partial charge in [0.05, 0.1) is 0 Å². The molecule has 0 aliphatic heterocycles. The molecule has 2 aromatic carbocycles. The summed E-state index contributed by atoms with van der Waals surface area (Å²) in [5.41, 5.74) is 2.76. The van der Waals surface area contributed by atoms with Crippen LogP contribution in [0, 0.1) is 6.92 Å². The molecule has 3 aromatic rings. The molecule has 4 nitrogen and oxygen atoms in total. The SMILES string of the molecule is Cc1ccc(-c2noc([C@H](O)c3ccccc3)n2)cc1. The summed E-state index contributed by atoms with van der Waals surface area (Å²) >= 11 is 0. The second-order valence-corrected chi connectivity index (χ2v) is 4.64. The summed E-state index contributed by atoms with van der Waals surface area (Å²) in [5.74, 6) is 0.682. The second-order valence-electron chi connectivity index (χ2n) is 4.64. The van der Waals surface area contributed by atoms with Crippen LogP contribution in [0.3, 0.4) is 0 Å². The standard InChI is InChI=1S/C16H14N2O2/c1-11-7-9-13(10-8-11)15-17-16(20-18-15)14(19)12-5-3-2-4-6-12/h2-10,14,19H,1H3/t14-/m1/s1. The molecule has 20 heavy (non-hydrogen) atoms. The molecule has 0 saturated heterocycles. The Morgan fingerprint density at radius 1 is 1.00 bits per heavy atom. The summed E-state index contributed by atoms with van der Waals surface area (Å²) in [6.07, 6.45) is -0.900. The first-order valence-electron chi connectivity index (χ1n) is 6.38. The van der Waals surface area contributed by atoms with Crippen molar-refractivity contribution in [2.75, 3.05) is 0 Å². The zero-order valence-electron chi connectivity index (χ0n) is 11.0. The maximum atomic E-state index is 10.2. The smallest absolute Gasteiger partial charge is 0.260 e. The third-order valence-electron chi connectivity index (χ3n) is 3.10. The molecule has 0 saturated carbocycles. The molecule has 1 N–H and O–H groups in total. The molecule has 100 valence electrons. The Bertz CT molecular complexity index is 690. The van der Waals surface area contributed by atoms with E-state index in [0.29, 0.717) is 5.82 Å². The summed E-state index contributed by atoms with van der Waals surface area (Å²) in [6.45, 7) is 2.02. The normalized spacial score (nSPS) is 12.3. The summed E-state index contributed by atoms with van der Waals surface area (Å²) in [5, 5.41) is 14.1. The van der Waals surface area contributed by atoms with Crippen molar-refractivity contribution in [1.82, 2.24) is 10.1 Å². The minimum absolute atomic E-state index is 0.201. The van der Waals surface area contributed by atoms with Gasteiger partial charge in [0.15, 0.2) is 6.10 Å². The van der Waals surface area contributed by atoms with E-state index in [9.17, 15) is 5.11 Å². The van der Waals surface area contributed by atoms with Crippen LogP contribution in [0.25, 0.3) is 11.4 Å². The quantitative estimate of drug-likeness (QED) is 0.791. The van der Waals surface area contributed by atoms with Gasteiger partial charge in [-0.2, -0.15) is 4.98 Å². The van der Waals surface area contributed by atoms with Crippen LogP contribution in [0.15, 0.2) is 59.1 Å². The fourth-order valence-electron chi connectivity index (χ4n) is 1.94. The van der Waals surface area contributed by atoms with Gasteiger partial charge < -0.3 is 9.63 Å². The molecule has 0 aliphatic carbocycles. The third-order valence-corrected chi connectivity index (χ3v) is 3.10. The van der Waals surface area contributed by atoms with E-state index in [-0.39, 0.29) is 5.89 Å². The van der Waals surface area contributed by atoms with Crippen LogP contribution in [0.5, 0.6) is 0 Å². The minimum Gasteiger partial charge on any atom is -0.378 e. The number of hydrogen-bond donors (Lipinski definition) is 1. The van der Waals surface area contributed by atoms with Crippen LogP contribution >= 0.6 is 0 Å². The van der Waals surface area contributed by atoms with E-state index in [2.05, 4.69) is 10.1 Å². The van der Waals surface area contributed by atoms with E-state index in [0.717, 1.165) is 11.1 Å². The van der Waals surface area contributed by atoms with E-state index in [4.69, 9.17) is 4.52 Å². The van der Waals surface area contributed by atoms with Gasteiger partial charge in [0, 0.05) is 5.56 Å². The van der Waals surface area contributed by atoms with E-state index in [1.807, 2.05) is 61.5 Å². The van der Waals surface area contributed by atoms with Crippen molar-refractivity contribution in [3.63, 3.8) is 0 Å². The van der Waals surface area contributed by atoms with Crippen molar-refractivity contribution in [2.24, 2.45) is 0 Å². The van der Waals surface area contributed by atoms with Gasteiger partial charge in [0.25, 0.3) is 5.89 Å². The summed E-state index contributed by atoms with van der Waals surface area (Å²) < 4.78 is 5.15. The lowest BCUT2D eigenvalue weighted by Gasteiger charge is -2.04. The van der Waals surface area contributed by atoms with Gasteiger partial charge in [-0.15, -0.1) is 0 Å². The first-order chi connectivity index (χ1) is 9.74. The lowest BCUT2D eigenvalue weighted by molar-refractivity contribution is 0.170. The van der Waals surface area contributed by atoms with E-state index in [1.165, 1.54) is 5.56 Å².